The second kappa shape index (κ2) is 11.1. The van der Waals surface area contributed by atoms with Gasteiger partial charge in [0.15, 0.2) is 6.10 Å². The van der Waals surface area contributed by atoms with Crippen molar-refractivity contribution in [2.75, 3.05) is 37.2 Å². The molecule has 1 amide bonds. The Morgan fingerprint density at radius 1 is 0.946 bits per heavy atom. The minimum absolute atomic E-state index is 0.0879. The Kier molecular flexibility index (Phi) is 7.66. The van der Waals surface area contributed by atoms with E-state index in [-0.39, 0.29) is 17.3 Å². The summed E-state index contributed by atoms with van der Waals surface area (Å²) in [4.78, 5) is 15.5. The number of ether oxygens (including phenoxy) is 2. The molecule has 0 aromatic heterocycles. The van der Waals surface area contributed by atoms with Crippen LogP contribution in [-0.2, 0) is 32.6 Å². The van der Waals surface area contributed by atoms with Gasteiger partial charge in [-0.25, -0.2) is 8.42 Å². The summed E-state index contributed by atoms with van der Waals surface area (Å²) in [6.07, 6.45) is -1.00. The lowest BCUT2D eigenvalue weighted by Crippen LogP contribution is -2.50. The van der Waals surface area contributed by atoms with Crippen LogP contribution in [-0.4, -0.2) is 58.2 Å². The zero-order valence-corrected chi connectivity index (χ0v) is 21.7. The van der Waals surface area contributed by atoms with E-state index in [4.69, 9.17) is 21.1 Å². The number of nitrogens with one attached hydrogen (secondary N) is 1. The largest absolute Gasteiger partial charge is 0.476 e. The Hall–Kier alpha value is -3.11. The van der Waals surface area contributed by atoms with Gasteiger partial charge in [-0.1, -0.05) is 48.0 Å². The first-order valence-corrected chi connectivity index (χ1v) is 13.9. The number of para-hydroxylation sites is 2. The van der Waals surface area contributed by atoms with E-state index in [1.807, 2.05) is 12.1 Å². The SMILES string of the molecule is O=C(NCc1ccc(CN2CCOCC2)cc1)C1CN(S(=O)(=O)c2ccc(Cl)cc2)c2ccccc2O1. The van der Waals surface area contributed by atoms with Gasteiger partial charge in [0.2, 0.25) is 0 Å². The lowest BCUT2D eigenvalue weighted by molar-refractivity contribution is -0.127. The van der Waals surface area contributed by atoms with Crippen LogP contribution < -0.4 is 14.4 Å². The molecule has 37 heavy (non-hydrogen) atoms. The molecule has 1 fully saturated rings. The van der Waals surface area contributed by atoms with Gasteiger partial charge in [0.25, 0.3) is 15.9 Å². The van der Waals surface area contributed by atoms with Crippen LogP contribution in [0.25, 0.3) is 0 Å². The number of sulfonamides is 1. The highest BCUT2D eigenvalue weighted by atomic mass is 35.5. The highest BCUT2D eigenvalue weighted by molar-refractivity contribution is 7.92. The average molecular weight is 542 g/mol. The number of hydrogen-bond acceptors (Lipinski definition) is 6. The zero-order chi connectivity index (χ0) is 25.8. The number of fused-ring (bicyclic) bond motifs is 1. The van der Waals surface area contributed by atoms with Crippen molar-refractivity contribution in [3.63, 3.8) is 0 Å². The van der Waals surface area contributed by atoms with Crippen molar-refractivity contribution in [2.45, 2.75) is 24.1 Å². The van der Waals surface area contributed by atoms with E-state index < -0.39 is 16.1 Å². The van der Waals surface area contributed by atoms with Gasteiger partial charge in [0.05, 0.1) is 30.3 Å². The number of amides is 1. The topological polar surface area (TPSA) is 88.2 Å². The molecule has 1 saturated heterocycles. The van der Waals surface area contributed by atoms with Crippen molar-refractivity contribution in [3.05, 3.63) is 88.9 Å². The number of rotatable bonds is 7. The molecule has 10 heteroatoms. The van der Waals surface area contributed by atoms with E-state index in [1.165, 1.54) is 34.1 Å². The van der Waals surface area contributed by atoms with E-state index >= 15 is 0 Å². The number of halogens is 1. The standard InChI is InChI=1S/C27H28ClN3O5S/c28-22-9-11-23(12-10-22)37(33,34)31-19-26(36-25-4-2-1-3-24(25)31)27(32)29-17-20-5-7-21(8-6-20)18-30-13-15-35-16-14-30/h1-12,26H,13-19H2,(H,29,32). The van der Waals surface area contributed by atoms with Crippen molar-refractivity contribution in [1.29, 1.82) is 0 Å². The van der Waals surface area contributed by atoms with Gasteiger partial charge in [-0.2, -0.15) is 0 Å². The smallest absolute Gasteiger partial charge is 0.264 e. The molecule has 2 heterocycles. The Balaban J connectivity index is 1.26. The molecule has 8 nitrogen and oxygen atoms in total. The van der Waals surface area contributed by atoms with Crippen LogP contribution in [0.1, 0.15) is 11.1 Å². The first-order valence-electron chi connectivity index (χ1n) is 12.1. The van der Waals surface area contributed by atoms with Crippen molar-refractivity contribution in [1.82, 2.24) is 10.2 Å². The van der Waals surface area contributed by atoms with Gasteiger partial charge in [-0.05, 0) is 47.5 Å². The van der Waals surface area contributed by atoms with Crippen molar-refractivity contribution < 1.29 is 22.7 Å². The summed E-state index contributed by atoms with van der Waals surface area (Å²) in [5.41, 5.74) is 2.53. The Morgan fingerprint density at radius 3 is 2.35 bits per heavy atom. The van der Waals surface area contributed by atoms with E-state index in [2.05, 4.69) is 22.3 Å². The molecule has 2 aliphatic rings. The number of anilines is 1. The van der Waals surface area contributed by atoms with Gasteiger partial charge in [-0.15, -0.1) is 0 Å². The van der Waals surface area contributed by atoms with Gasteiger partial charge in [0.1, 0.15) is 5.75 Å². The van der Waals surface area contributed by atoms with E-state index in [0.29, 0.717) is 23.0 Å². The number of benzene rings is 3. The fraction of sp³-hybridized carbons (Fsp3) is 0.296. The second-order valence-electron chi connectivity index (χ2n) is 8.99. The summed E-state index contributed by atoms with van der Waals surface area (Å²) < 4.78 is 39.5. The van der Waals surface area contributed by atoms with Crippen LogP contribution >= 0.6 is 11.6 Å². The second-order valence-corrected chi connectivity index (χ2v) is 11.3. The van der Waals surface area contributed by atoms with Crippen LogP contribution in [0.2, 0.25) is 5.02 Å². The fourth-order valence-corrected chi connectivity index (χ4v) is 5.99. The predicted molar refractivity (Wildman–Crippen MR) is 141 cm³/mol. The third-order valence-corrected chi connectivity index (χ3v) is 8.47. The molecule has 194 valence electrons. The fourth-order valence-electron chi connectivity index (χ4n) is 4.38. The Labute approximate surface area is 221 Å². The van der Waals surface area contributed by atoms with E-state index in [9.17, 15) is 13.2 Å². The van der Waals surface area contributed by atoms with Gasteiger partial charge in [-0.3, -0.25) is 14.0 Å². The first-order chi connectivity index (χ1) is 17.9. The average Bonchev–Trinajstić information content (AvgIpc) is 2.92. The summed E-state index contributed by atoms with van der Waals surface area (Å²) in [6.45, 7) is 4.39. The van der Waals surface area contributed by atoms with Gasteiger partial charge < -0.3 is 14.8 Å². The van der Waals surface area contributed by atoms with Crippen molar-refractivity contribution in [2.24, 2.45) is 0 Å². The number of nitrogens with zero attached hydrogens (tertiary/aromatic N) is 2. The van der Waals surface area contributed by atoms with Crippen molar-refractivity contribution >= 4 is 33.2 Å². The Bertz CT molecular complexity index is 1340. The lowest BCUT2D eigenvalue weighted by atomic mass is 10.1. The molecule has 5 rings (SSSR count). The maximum absolute atomic E-state index is 13.5. The number of carbonyl (C=O) groups is 1. The predicted octanol–water partition coefficient (Wildman–Crippen LogP) is 3.44. The molecule has 1 unspecified atom stereocenters. The van der Waals surface area contributed by atoms with Crippen LogP contribution in [0.15, 0.2) is 77.7 Å². The Morgan fingerprint density at radius 2 is 1.62 bits per heavy atom. The van der Waals surface area contributed by atoms with Gasteiger partial charge in [0, 0.05) is 31.2 Å². The molecular formula is C27H28ClN3O5S. The number of hydrogen-bond donors (Lipinski definition) is 1. The number of carbonyl (C=O) groups excluding carboxylic acids is 1. The highest BCUT2D eigenvalue weighted by Gasteiger charge is 2.37. The summed E-state index contributed by atoms with van der Waals surface area (Å²) in [6, 6.07) is 20.8. The molecule has 3 aromatic carbocycles. The maximum Gasteiger partial charge on any atom is 0.264 e. The van der Waals surface area contributed by atoms with Crippen LogP contribution in [0.4, 0.5) is 5.69 Å². The highest BCUT2D eigenvalue weighted by Crippen LogP contribution is 2.37. The summed E-state index contributed by atoms with van der Waals surface area (Å²) in [5.74, 6) is -0.0536. The van der Waals surface area contributed by atoms with E-state index in [0.717, 1.165) is 38.4 Å². The third-order valence-electron chi connectivity index (χ3n) is 6.43. The third kappa shape index (κ3) is 5.91. The van der Waals surface area contributed by atoms with Crippen LogP contribution in [0.3, 0.4) is 0 Å². The zero-order valence-electron chi connectivity index (χ0n) is 20.2. The molecule has 0 radical (unpaired) electrons. The lowest BCUT2D eigenvalue weighted by Gasteiger charge is -2.34. The summed E-state index contributed by atoms with van der Waals surface area (Å²) in [5, 5.41) is 3.33. The minimum Gasteiger partial charge on any atom is -0.476 e. The maximum atomic E-state index is 13.5. The molecule has 0 aliphatic carbocycles. The summed E-state index contributed by atoms with van der Waals surface area (Å²) in [7, 11) is -3.94. The molecule has 2 aliphatic heterocycles. The molecule has 0 bridgehead atoms. The number of morpholine rings is 1. The molecule has 1 N–H and O–H groups in total. The molecule has 0 spiro atoms. The minimum atomic E-state index is -3.94. The first kappa shape index (κ1) is 25.5. The van der Waals surface area contributed by atoms with Gasteiger partial charge >= 0.3 is 0 Å². The molecule has 1 atom stereocenters. The molecular weight excluding hydrogens is 514 g/mol. The van der Waals surface area contributed by atoms with Crippen LogP contribution in [0, 0.1) is 0 Å². The normalized spacial score (nSPS) is 18.1. The van der Waals surface area contributed by atoms with Crippen molar-refractivity contribution in [3.8, 4) is 5.75 Å². The summed E-state index contributed by atoms with van der Waals surface area (Å²) >= 11 is 5.94. The quantitative estimate of drug-likeness (QED) is 0.493. The van der Waals surface area contributed by atoms with Crippen LogP contribution in [0.5, 0.6) is 5.75 Å². The monoisotopic (exact) mass is 541 g/mol. The molecule has 0 saturated carbocycles. The molecule has 3 aromatic rings. The van der Waals surface area contributed by atoms with E-state index in [1.54, 1.807) is 24.3 Å².